The van der Waals surface area contributed by atoms with Crippen molar-refractivity contribution < 1.29 is 14.7 Å². The Labute approximate surface area is 115 Å². The van der Waals surface area contributed by atoms with Crippen LogP contribution in [0.4, 0.5) is 4.79 Å². The van der Waals surface area contributed by atoms with E-state index in [1.807, 2.05) is 0 Å². The van der Waals surface area contributed by atoms with Crippen LogP contribution in [0.15, 0.2) is 0 Å². The van der Waals surface area contributed by atoms with Gasteiger partial charge in [-0.3, -0.25) is 0 Å². The molecule has 3 unspecified atom stereocenters. The van der Waals surface area contributed by atoms with Gasteiger partial charge in [0.2, 0.25) is 0 Å². The van der Waals surface area contributed by atoms with E-state index in [2.05, 4.69) is 24.5 Å². The van der Waals surface area contributed by atoms with E-state index < -0.39 is 12.0 Å². The summed E-state index contributed by atoms with van der Waals surface area (Å²) >= 11 is 0. The molecule has 1 saturated carbocycles. The predicted molar refractivity (Wildman–Crippen MR) is 73.9 cm³/mol. The summed E-state index contributed by atoms with van der Waals surface area (Å²) in [5, 5.41) is 14.5. The van der Waals surface area contributed by atoms with Crippen molar-refractivity contribution >= 4 is 12.0 Å². The monoisotopic (exact) mass is 270 g/mol. The van der Waals surface area contributed by atoms with Crippen molar-refractivity contribution in [3.63, 3.8) is 0 Å². The van der Waals surface area contributed by atoms with Gasteiger partial charge in [0.1, 0.15) is 6.04 Å². The third-order valence-corrected chi connectivity index (χ3v) is 4.29. The molecule has 0 heterocycles. The summed E-state index contributed by atoms with van der Waals surface area (Å²) in [4.78, 5) is 22.9. The summed E-state index contributed by atoms with van der Waals surface area (Å²) in [6, 6.07) is -1.04. The fourth-order valence-corrected chi connectivity index (χ4v) is 2.89. The average Bonchev–Trinajstić information content (AvgIpc) is 2.66. The third-order valence-electron chi connectivity index (χ3n) is 4.29. The summed E-state index contributed by atoms with van der Waals surface area (Å²) in [7, 11) is 0. The summed E-state index contributed by atoms with van der Waals surface area (Å²) in [6.07, 6.45) is 3.24. The molecule has 1 fully saturated rings. The van der Waals surface area contributed by atoms with Crippen molar-refractivity contribution in [3.8, 4) is 0 Å². The number of carboxylic acid groups (broad SMARTS) is 1. The fraction of sp³-hybridized carbons (Fsp3) is 0.857. The van der Waals surface area contributed by atoms with Gasteiger partial charge in [-0.2, -0.15) is 0 Å². The van der Waals surface area contributed by atoms with Gasteiger partial charge in [0.05, 0.1) is 0 Å². The lowest BCUT2D eigenvalue weighted by Gasteiger charge is -2.23. The van der Waals surface area contributed by atoms with Crippen LogP contribution in [0.5, 0.6) is 0 Å². The Morgan fingerprint density at radius 2 is 1.95 bits per heavy atom. The van der Waals surface area contributed by atoms with E-state index in [0.29, 0.717) is 11.8 Å². The summed E-state index contributed by atoms with van der Waals surface area (Å²) in [5.41, 5.74) is 0. The number of urea groups is 1. The zero-order chi connectivity index (χ0) is 14.6. The minimum Gasteiger partial charge on any atom is -0.480 e. The first kappa shape index (κ1) is 15.8. The predicted octanol–water partition coefficient (Wildman–Crippen LogP) is 2.22. The molecule has 0 aliphatic heterocycles. The maximum absolute atomic E-state index is 11.9. The summed E-state index contributed by atoms with van der Waals surface area (Å²) in [6.45, 7) is 7.89. The van der Waals surface area contributed by atoms with Crippen molar-refractivity contribution in [2.75, 3.05) is 0 Å². The first-order valence-corrected chi connectivity index (χ1v) is 7.16. The van der Waals surface area contributed by atoms with Crippen LogP contribution < -0.4 is 10.6 Å². The van der Waals surface area contributed by atoms with E-state index in [9.17, 15) is 9.59 Å². The molecule has 1 aliphatic carbocycles. The molecule has 1 aliphatic rings. The lowest BCUT2D eigenvalue weighted by molar-refractivity contribution is -0.140. The van der Waals surface area contributed by atoms with Crippen LogP contribution in [0.3, 0.4) is 0 Å². The van der Waals surface area contributed by atoms with Crippen LogP contribution in [0.2, 0.25) is 0 Å². The molecule has 0 radical (unpaired) electrons. The molecule has 0 bridgehead atoms. The zero-order valence-electron chi connectivity index (χ0n) is 12.3. The van der Waals surface area contributed by atoms with E-state index in [1.165, 1.54) is 0 Å². The lowest BCUT2D eigenvalue weighted by Crippen LogP contribution is -2.51. The molecule has 4 atom stereocenters. The molecule has 0 aromatic heterocycles. The SMILES string of the molecule is CCC1CCC(NC(=O)N[C@H](C(=O)O)C(C)C)C1C. The number of aliphatic carboxylic acids is 1. The molecule has 2 amide bonds. The van der Waals surface area contributed by atoms with Gasteiger partial charge in [-0.15, -0.1) is 0 Å². The second kappa shape index (κ2) is 6.78. The minimum absolute atomic E-state index is 0.132. The maximum atomic E-state index is 11.9. The Morgan fingerprint density at radius 1 is 1.32 bits per heavy atom. The van der Waals surface area contributed by atoms with Crippen molar-refractivity contribution in [1.29, 1.82) is 0 Å². The van der Waals surface area contributed by atoms with E-state index >= 15 is 0 Å². The zero-order valence-corrected chi connectivity index (χ0v) is 12.3. The smallest absolute Gasteiger partial charge is 0.326 e. The molecule has 5 nitrogen and oxygen atoms in total. The van der Waals surface area contributed by atoms with Crippen molar-refractivity contribution in [1.82, 2.24) is 10.6 Å². The van der Waals surface area contributed by atoms with Gasteiger partial charge in [-0.1, -0.05) is 34.1 Å². The average molecular weight is 270 g/mol. The molecule has 0 spiro atoms. The molecule has 110 valence electrons. The molecule has 3 N–H and O–H groups in total. The maximum Gasteiger partial charge on any atom is 0.326 e. The van der Waals surface area contributed by atoms with Crippen LogP contribution in [0.25, 0.3) is 0 Å². The number of hydrogen-bond acceptors (Lipinski definition) is 2. The molecule has 0 aromatic carbocycles. The molecule has 0 aromatic rings. The second-order valence-corrected chi connectivity index (χ2v) is 5.89. The quantitative estimate of drug-likeness (QED) is 0.716. The van der Waals surface area contributed by atoms with Crippen LogP contribution in [-0.2, 0) is 4.79 Å². The molecule has 0 saturated heterocycles. The Balaban J connectivity index is 2.49. The van der Waals surface area contributed by atoms with Gasteiger partial charge in [-0.25, -0.2) is 9.59 Å². The Hall–Kier alpha value is -1.26. The van der Waals surface area contributed by atoms with Gasteiger partial charge < -0.3 is 15.7 Å². The van der Waals surface area contributed by atoms with Gasteiger partial charge in [0.25, 0.3) is 0 Å². The van der Waals surface area contributed by atoms with Crippen LogP contribution >= 0.6 is 0 Å². The van der Waals surface area contributed by atoms with Crippen LogP contribution in [0, 0.1) is 17.8 Å². The van der Waals surface area contributed by atoms with E-state index in [0.717, 1.165) is 19.3 Å². The molecule has 19 heavy (non-hydrogen) atoms. The molecular formula is C14H26N2O3. The highest BCUT2D eigenvalue weighted by atomic mass is 16.4. The number of hydrogen-bond donors (Lipinski definition) is 3. The highest BCUT2D eigenvalue weighted by molar-refractivity contribution is 5.82. The van der Waals surface area contributed by atoms with Crippen molar-refractivity contribution in [3.05, 3.63) is 0 Å². The Morgan fingerprint density at radius 3 is 2.37 bits per heavy atom. The van der Waals surface area contributed by atoms with Crippen LogP contribution in [-0.4, -0.2) is 29.2 Å². The second-order valence-electron chi connectivity index (χ2n) is 5.89. The number of amides is 2. The van der Waals surface area contributed by atoms with Gasteiger partial charge in [0, 0.05) is 6.04 Å². The van der Waals surface area contributed by atoms with E-state index in [4.69, 9.17) is 5.11 Å². The number of carboxylic acids is 1. The number of carbonyl (C=O) groups is 2. The molecular weight excluding hydrogens is 244 g/mol. The first-order chi connectivity index (χ1) is 8.86. The van der Waals surface area contributed by atoms with Gasteiger partial charge in [-0.05, 0) is 30.6 Å². The summed E-state index contributed by atoms with van der Waals surface area (Å²) in [5.74, 6) is -0.00700. The van der Waals surface area contributed by atoms with E-state index in [1.54, 1.807) is 13.8 Å². The highest BCUT2D eigenvalue weighted by Crippen LogP contribution is 2.33. The Kier molecular flexibility index (Phi) is 5.63. The highest BCUT2D eigenvalue weighted by Gasteiger charge is 2.33. The number of carbonyl (C=O) groups excluding carboxylic acids is 1. The normalized spacial score (nSPS) is 28.2. The topological polar surface area (TPSA) is 78.4 Å². The third kappa shape index (κ3) is 4.11. The van der Waals surface area contributed by atoms with Gasteiger partial charge >= 0.3 is 12.0 Å². The lowest BCUT2D eigenvalue weighted by atomic mass is 9.93. The minimum atomic E-state index is -0.990. The van der Waals surface area contributed by atoms with Crippen molar-refractivity contribution in [2.24, 2.45) is 17.8 Å². The number of nitrogens with one attached hydrogen (secondary N) is 2. The molecule has 5 heteroatoms. The number of rotatable bonds is 5. The molecule has 1 rings (SSSR count). The van der Waals surface area contributed by atoms with E-state index in [-0.39, 0.29) is 18.0 Å². The van der Waals surface area contributed by atoms with Crippen LogP contribution in [0.1, 0.15) is 47.0 Å². The first-order valence-electron chi connectivity index (χ1n) is 7.16. The van der Waals surface area contributed by atoms with Gasteiger partial charge in [0.15, 0.2) is 0 Å². The largest absolute Gasteiger partial charge is 0.480 e. The standard InChI is InChI=1S/C14H26N2O3/c1-5-10-6-7-11(9(10)4)15-14(19)16-12(8(2)3)13(17)18/h8-12H,5-7H2,1-4H3,(H,17,18)(H2,15,16,19)/t9?,10?,11?,12-/m0/s1. The summed E-state index contributed by atoms with van der Waals surface area (Å²) < 4.78 is 0. The fourth-order valence-electron chi connectivity index (χ4n) is 2.89. The Bertz CT molecular complexity index is 331. The van der Waals surface area contributed by atoms with Crippen molar-refractivity contribution in [2.45, 2.75) is 59.0 Å².